The lowest BCUT2D eigenvalue weighted by atomic mass is 9.82. The van der Waals surface area contributed by atoms with E-state index >= 15 is 0 Å². The van der Waals surface area contributed by atoms with Crippen LogP contribution in [-0.2, 0) is 12.8 Å². The van der Waals surface area contributed by atoms with Crippen molar-refractivity contribution in [2.75, 3.05) is 0 Å². The molecular formula is C64H40. The zero-order chi connectivity index (χ0) is 41.9. The molecule has 0 radical (unpaired) electrons. The number of hydrogen-bond donors (Lipinski definition) is 0. The summed E-state index contributed by atoms with van der Waals surface area (Å²) >= 11 is 0. The van der Waals surface area contributed by atoms with Crippen LogP contribution in [0.2, 0.25) is 0 Å². The SMILES string of the molecule is c1ccc(-c2ccc3c(-c4cccc(-c5ccc6ccc7cccc8ccc5c6c78)c4)c4ccccc4c(-c4cccc(-c5ccc6c7c5ccc5cccc(c57)CC6)c4)c3c2)cc1. The normalized spacial score (nSPS) is 12.6. The second-order valence-electron chi connectivity index (χ2n) is 17.8. The summed E-state index contributed by atoms with van der Waals surface area (Å²) in [6.07, 6.45) is 2.19. The van der Waals surface area contributed by atoms with Crippen LogP contribution in [0.5, 0.6) is 0 Å². The first-order valence-electron chi connectivity index (χ1n) is 22.6. The van der Waals surface area contributed by atoms with Gasteiger partial charge in [0, 0.05) is 0 Å². The minimum Gasteiger partial charge on any atom is -0.0622 e. The third kappa shape index (κ3) is 5.23. The Morgan fingerprint density at radius 2 is 0.688 bits per heavy atom. The van der Waals surface area contributed by atoms with Crippen LogP contribution < -0.4 is 0 Å². The summed E-state index contributed by atoms with van der Waals surface area (Å²) in [4.78, 5) is 0. The molecule has 0 atom stereocenters. The largest absolute Gasteiger partial charge is 0.0622 e. The molecule has 0 fully saturated rings. The molecule has 64 heavy (non-hydrogen) atoms. The van der Waals surface area contributed by atoms with Crippen molar-refractivity contribution in [2.24, 2.45) is 0 Å². The molecule has 0 aliphatic heterocycles. The van der Waals surface area contributed by atoms with Gasteiger partial charge in [-0.2, -0.15) is 0 Å². The molecule has 0 amide bonds. The summed E-state index contributed by atoms with van der Waals surface area (Å²) in [5, 5.41) is 18.4. The van der Waals surface area contributed by atoms with Crippen LogP contribution in [0.4, 0.5) is 0 Å². The van der Waals surface area contributed by atoms with Gasteiger partial charge < -0.3 is 0 Å². The first kappa shape index (κ1) is 35.5. The predicted molar refractivity (Wildman–Crippen MR) is 275 cm³/mol. The van der Waals surface area contributed by atoms with Gasteiger partial charge in [0.05, 0.1) is 0 Å². The highest BCUT2D eigenvalue weighted by Gasteiger charge is 2.21. The van der Waals surface area contributed by atoms with Gasteiger partial charge in [-0.3, -0.25) is 0 Å². The van der Waals surface area contributed by atoms with Gasteiger partial charge in [0.15, 0.2) is 0 Å². The Labute approximate surface area is 371 Å². The Bertz CT molecular complexity index is 4040. The summed E-state index contributed by atoms with van der Waals surface area (Å²) in [6, 6.07) is 82.4. The van der Waals surface area contributed by atoms with Crippen molar-refractivity contribution in [1.29, 1.82) is 0 Å². The van der Waals surface area contributed by atoms with E-state index in [2.05, 4.69) is 218 Å². The van der Waals surface area contributed by atoms with E-state index in [0.717, 1.165) is 12.8 Å². The van der Waals surface area contributed by atoms with Crippen LogP contribution in [0.15, 0.2) is 218 Å². The Hall–Kier alpha value is -8.06. The highest BCUT2D eigenvalue weighted by Crippen LogP contribution is 2.48. The van der Waals surface area contributed by atoms with Gasteiger partial charge in [-0.15, -0.1) is 0 Å². The van der Waals surface area contributed by atoms with Gasteiger partial charge in [-0.05, 0) is 173 Å². The van der Waals surface area contributed by atoms with Gasteiger partial charge in [-0.25, -0.2) is 0 Å². The van der Waals surface area contributed by atoms with E-state index in [0.29, 0.717) is 0 Å². The van der Waals surface area contributed by atoms with Gasteiger partial charge >= 0.3 is 0 Å². The fourth-order valence-electron chi connectivity index (χ4n) is 11.6. The standard InChI is InChI=1S/C64H40/c1-2-10-39(11-3-1)46-30-35-57-58(38-46)62(50-19-9-17-48(37-50)52-32-27-45-25-23-41-13-7-15-43-29-34-56(52)64(45)60(41)43)54-21-5-4-20-53(54)61(57)49-18-8-16-47(36-49)51-31-26-44-24-22-40-12-6-14-42-28-33-55(51)63(44)59(40)42/h1-22,24,26-38H,23,25H2. The highest BCUT2D eigenvalue weighted by molar-refractivity contribution is 6.26. The Morgan fingerprint density at radius 1 is 0.219 bits per heavy atom. The fraction of sp³-hybridized carbons (Fsp3) is 0.0312. The minimum atomic E-state index is 1.09. The molecule has 0 saturated heterocycles. The summed E-state index contributed by atoms with van der Waals surface area (Å²) in [7, 11) is 0. The van der Waals surface area contributed by atoms with E-state index in [4.69, 9.17) is 0 Å². The van der Waals surface area contributed by atoms with Crippen LogP contribution in [0, 0.1) is 0 Å². The molecule has 0 heteroatoms. The lowest BCUT2D eigenvalue weighted by Crippen LogP contribution is -2.01. The molecule has 0 spiro atoms. The van der Waals surface area contributed by atoms with E-state index in [1.807, 2.05) is 0 Å². The van der Waals surface area contributed by atoms with Gasteiger partial charge in [-0.1, -0.05) is 200 Å². The van der Waals surface area contributed by atoms with Crippen LogP contribution in [0.3, 0.4) is 0 Å². The van der Waals surface area contributed by atoms with E-state index < -0.39 is 0 Å². The molecule has 14 rings (SSSR count). The molecule has 1 aliphatic carbocycles. The predicted octanol–water partition coefficient (Wildman–Crippen LogP) is 17.6. The molecule has 13 aromatic carbocycles. The van der Waals surface area contributed by atoms with Crippen molar-refractivity contribution in [3.05, 3.63) is 230 Å². The Balaban J connectivity index is 1.00. The molecule has 0 bridgehead atoms. The van der Waals surface area contributed by atoms with Crippen molar-refractivity contribution >= 4 is 75.4 Å². The Kier molecular flexibility index (Phi) is 7.62. The van der Waals surface area contributed by atoms with Crippen LogP contribution in [0.25, 0.3) is 131 Å². The summed E-state index contributed by atoms with van der Waals surface area (Å²) < 4.78 is 0. The first-order chi connectivity index (χ1) is 31.7. The van der Waals surface area contributed by atoms with Gasteiger partial charge in [0.1, 0.15) is 0 Å². The van der Waals surface area contributed by atoms with E-state index in [9.17, 15) is 0 Å². The van der Waals surface area contributed by atoms with Crippen LogP contribution >= 0.6 is 0 Å². The molecule has 1 aliphatic rings. The maximum absolute atomic E-state index is 2.45. The molecule has 0 N–H and O–H groups in total. The number of aryl methyl sites for hydroxylation is 2. The summed E-state index contributed by atoms with van der Waals surface area (Å²) in [5.41, 5.74) is 15.4. The molecule has 0 heterocycles. The third-order valence-electron chi connectivity index (χ3n) is 14.4. The van der Waals surface area contributed by atoms with Crippen molar-refractivity contribution < 1.29 is 0 Å². The van der Waals surface area contributed by atoms with Gasteiger partial charge in [0.2, 0.25) is 0 Å². The molecular weight excluding hydrogens is 769 g/mol. The van der Waals surface area contributed by atoms with E-state index in [1.165, 1.54) is 142 Å². The van der Waals surface area contributed by atoms with Crippen LogP contribution in [0.1, 0.15) is 11.1 Å². The lowest BCUT2D eigenvalue weighted by molar-refractivity contribution is 0.968. The molecule has 296 valence electrons. The maximum Gasteiger partial charge on any atom is -0.00206 e. The van der Waals surface area contributed by atoms with E-state index in [1.54, 1.807) is 0 Å². The number of fused-ring (bicyclic) bond motifs is 2. The van der Waals surface area contributed by atoms with Crippen LogP contribution in [-0.4, -0.2) is 0 Å². The summed E-state index contributed by atoms with van der Waals surface area (Å²) in [5.74, 6) is 0. The topological polar surface area (TPSA) is 0 Å². The van der Waals surface area contributed by atoms with E-state index in [-0.39, 0.29) is 0 Å². The number of hydrogen-bond acceptors (Lipinski definition) is 0. The monoisotopic (exact) mass is 808 g/mol. The number of benzene rings is 13. The maximum atomic E-state index is 2.45. The highest BCUT2D eigenvalue weighted by atomic mass is 14.2. The average Bonchev–Trinajstić information content (AvgIpc) is 3.36. The molecule has 0 saturated carbocycles. The molecule has 0 nitrogen and oxygen atoms in total. The number of rotatable bonds is 5. The minimum absolute atomic E-state index is 1.09. The zero-order valence-electron chi connectivity index (χ0n) is 35.2. The van der Waals surface area contributed by atoms with Crippen molar-refractivity contribution in [2.45, 2.75) is 12.8 Å². The van der Waals surface area contributed by atoms with Crippen molar-refractivity contribution in [3.8, 4) is 55.6 Å². The molecule has 13 aromatic rings. The molecule has 0 unspecified atom stereocenters. The van der Waals surface area contributed by atoms with Gasteiger partial charge in [0.25, 0.3) is 0 Å². The first-order valence-corrected chi connectivity index (χ1v) is 22.6. The smallest absolute Gasteiger partial charge is 0.00206 e. The second kappa shape index (κ2) is 13.7. The van der Waals surface area contributed by atoms with Crippen molar-refractivity contribution in [3.63, 3.8) is 0 Å². The summed E-state index contributed by atoms with van der Waals surface area (Å²) in [6.45, 7) is 0. The van der Waals surface area contributed by atoms with Crippen molar-refractivity contribution in [1.82, 2.24) is 0 Å². The average molecular weight is 809 g/mol. The lowest BCUT2D eigenvalue weighted by Gasteiger charge is -2.21. The fourth-order valence-corrected chi connectivity index (χ4v) is 11.6. The zero-order valence-corrected chi connectivity index (χ0v) is 35.2. The Morgan fingerprint density at radius 3 is 1.39 bits per heavy atom. The molecule has 0 aromatic heterocycles. The quantitative estimate of drug-likeness (QED) is 0.120. The second-order valence-corrected chi connectivity index (χ2v) is 17.8. The third-order valence-corrected chi connectivity index (χ3v) is 14.4.